The number of phenols is 1. The standard InChI is InChI=1S/C25H28N2O3/c1-3-13-30-24(28)16-20-15-19(14-18(2)25(20)29)17-26-21-9-11-23(12-10-21)27-22-7-5-4-6-8-22/h4-12,14-15,26-27,29H,3,13,16-17H2,1-2H3. The number of aryl methyl sites for hydroxylation is 1. The average Bonchev–Trinajstić information content (AvgIpc) is 2.76. The van der Waals surface area contributed by atoms with E-state index in [4.69, 9.17) is 4.74 Å². The van der Waals surface area contributed by atoms with Crippen LogP contribution in [0.2, 0.25) is 0 Å². The van der Waals surface area contributed by atoms with Gasteiger partial charge >= 0.3 is 5.97 Å². The van der Waals surface area contributed by atoms with Crippen molar-refractivity contribution in [3.05, 3.63) is 83.4 Å². The van der Waals surface area contributed by atoms with Crippen LogP contribution in [0.1, 0.15) is 30.0 Å². The SMILES string of the molecule is CCCOC(=O)Cc1cc(CNc2ccc(Nc3ccccc3)cc2)cc(C)c1O. The van der Waals surface area contributed by atoms with Gasteiger partial charge in [0.15, 0.2) is 0 Å². The van der Waals surface area contributed by atoms with Crippen molar-refractivity contribution in [2.24, 2.45) is 0 Å². The van der Waals surface area contributed by atoms with Crippen molar-refractivity contribution in [2.45, 2.75) is 33.2 Å². The van der Waals surface area contributed by atoms with E-state index in [1.165, 1.54) is 0 Å². The maximum atomic E-state index is 11.9. The molecule has 0 heterocycles. The van der Waals surface area contributed by atoms with Gasteiger partial charge in [-0.1, -0.05) is 31.2 Å². The fraction of sp³-hybridized carbons (Fsp3) is 0.240. The van der Waals surface area contributed by atoms with Gasteiger partial charge in [0.2, 0.25) is 0 Å². The molecule has 3 N–H and O–H groups in total. The molecule has 3 aromatic carbocycles. The summed E-state index contributed by atoms with van der Waals surface area (Å²) in [6.07, 6.45) is 0.848. The smallest absolute Gasteiger partial charge is 0.310 e. The highest BCUT2D eigenvalue weighted by molar-refractivity contribution is 5.74. The summed E-state index contributed by atoms with van der Waals surface area (Å²) in [4.78, 5) is 11.9. The van der Waals surface area contributed by atoms with Crippen LogP contribution in [-0.2, 0) is 22.5 Å². The quantitative estimate of drug-likeness (QED) is 0.408. The molecule has 0 aliphatic carbocycles. The summed E-state index contributed by atoms with van der Waals surface area (Å²) in [5, 5.41) is 17.0. The van der Waals surface area contributed by atoms with Gasteiger partial charge in [-0.05, 0) is 66.9 Å². The van der Waals surface area contributed by atoms with E-state index in [0.717, 1.165) is 34.6 Å². The number of esters is 1. The average molecular weight is 405 g/mol. The summed E-state index contributed by atoms with van der Waals surface area (Å²) in [5.41, 5.74) is 5.38. The van der Waals surface area contributed by atoms with E-state index in [1.807, 2.05) is 80.6 Å². The molecule has 3 rings (SSSR count). The second-order valence-corrected chi connectivity index (χ2v) is 7.24. The molecule has 0 spiro atoms. The highest BCUT2D eigenvalue weighted by Gasteiger charge is 2.12. The molecule has 5 heteroatoms. The topological polar surface area (TPSA) is 70.6 Å². The van der Waals surface area contributed by atoms with Gasteiger partial charge in [-0.2, -0.15) is 0 Å². The first-order valence-corrected chi connectivity index (χ1v) is 10.2. The summed E-state index contributed by atoms with van der Waals surface area (Å²) in [6, 6.07) is 21.9. The predicted molar refractivity (Wildman–Crippen MR) is 121 cm³/mol. The van der Waals surface area contributed by atoms with Crippen LogP contribution in [0.25, 0.3) is 0 Å². The van der Waals surface area contributed by atoms with Crippen LogP contribution in [0.5, 0.6) is 5.75 Å². The van der Waals surface area contributed by atoms with Crippen molar-refractivity contribution in [2.75, 3.05) is 17.2 Å². The van der Waals surface area contributed by atoms with Crippen molar-refractivity contribution < 1.29 is 14.6 Å². The molecule has 0 saturated carbocycles. The Kier molecular flexibility index (Phi) is 7.33. The summed E-state index contributed by atoms with van der Waals surface area (Å²) in [7, 11) is 0. The van der Waals surface area contributed by atoms with Crippen LogP contribution >= 0.6 is 0 Å². The molecule has 3 aromatic rings. The van der Waals surface area contributed by atoms with Crippen LogP contribution in [0, 0.1) is 6.92 Å². The Bertz CT molecular complexity index is 970. The second kappa shape index (κ2) is 10.3. The highest BCUT2D eigenvalue weighted by Crippen LogP contribution is 2.26. The van der Waals surface area contributed by atoms with E-state index in [0.29, 0.717) is 18.7 Å². The normalized spacial score (nSPS) is 10.5. The molecule has 0 radical (unpaired) electrons. The van der Waals surface area contributed by atoms with E-state index >= 15 is 0 Å². The van der Waals surface area contributed by atoms with E-state index in [2.05, 4.69) is 10.6 Å². The first-order valence-electron chi connectivity index (χ1n) is 10.2. The van der Waals surface area contributed by atoms with Gasteiger partial charge in [0.05, 0.1) is 13.0 Å². The number of anilines is 3. The van der Waals surface area contributed by atoms with Crippen molar-refractivity contribution in [1.82, 2.24) is 0 Å². The molecule has 0 fully saturated rings. The molecule has 0 unspecified atom stereocenters. The molecule has 5 nitrogen and oxygen atoms in total. The van der Waals surface area contributed by atoms with Crippen molar-refractivity contribution >= 4 is 23.0 Å². The molecule has 0 aliphatic heterocycles. The summed E-state index contributed by atoms with van der Waals surface area (Å²) >= 11 is 0. The maximum absolute atomic E-state index is 11.9. The number of carbonyl (C=O) groups excluding carboxylic acids is 1. The molecular weight excluding hydrogens is 376 g/mol. The predicted octanol–water partition coefficient (Wildman–Crippen LogP) is 5.55. The summed E-state index contributed by atoms with van der Waals surface area (Å²) < 4.78 is 5.14. The molecule has 0 aromatic heterocycles. The number of carbonyl (C=O) groups is 1. The van der Waals surface area contributed by atoms with Crippen LogP contribution in [0.15, 0.2) is 66.7 Å². The molecule has 0 amide bonds. The van der Waals surface area contributed by atoms with Gasteiger partial charge in [0.25, 0.3) is 0 Å². The lowest BCUT2D eigenvalue weighted by molar-refractivity contribution is -0.142. The van der Waals surface area contributed by atoms with E-state index in [1.54, 1.807) is 0 Å². The zero-order valence-electron chi connectivity index (χ0n) is 17.4. The van der Waals surface area contributed by atoms with E-state index < -0.39 is 0 Å². The lowest BCUT2D eigenvalue weighted by atomic mass is 10.0. The number of benzene rings is 3. The minimum absolute atomic E-state index is 0.0698. The molecule has 30 heavy (non-hydrogen) atoms. The van der Waals surface area contributed by atoms with Crippen molar-refractivity contribution in [3.8, 4) is 5.75 Å². The minimum atomic E-state index is -0.321. The minimum Gasteiger partial charge on any atom is -0.507 e. The third-order valence-corrected chi connectivity index (χ3v) is 4.69. The fourth-order valence-electron chi connectivity index (χ4n) is 3.16. The number of rotatable bonds is 9. The fourth-order valence-corrected chi connectivity index (χ4v) is 3.16. The summed E-state index contributed by atoms with van der Waals surface area (Å²) in [6.45, 7) is 4.77. The molecule has 0 atom stereocenters. The number of phenolic OH excluding ortho intramolecular Hbond substituents is 1. The first kappa shape index (κ1) is 21.2. The third kappa shape index (κ3) is 6.01. The highest BCUT2D eigenvalue weighted by atomic mass is 16.5. The van der Waals surface area contributed by atoms with Gasteiger partial charge in [0, 0.05) is 29.2 Å². The molecule has 156 valence electrons. The van der Waals surface area contributed by atoms with Gasteiger partial charge in [0.1, 0.15) is 5.75 Å². The Hall–Kier alpha value is -3.47. The van der Waals surface area contributed by atoms with Crippen LogP contribution in [0.4, 0.5) is 17.1 Å². The zero-order valence-corrected chi connectivity index (χ0v) is 17.4. The van der Waals surface area contributed by atoms with Crippen LogP contribution < -0.4 is 10.6 Å². The number of para-hydroxylation sites is 1. The zero-order chi connectivity index (χ0) is 21.3. The van der Waals surface area contributed by atoms with E-state index in [9.17, 15) is 9.90 Å². The Morgan fingerprint density at radius 1 is 0.967 bits per heavy atom. The monoisotopic (exact) mass is 404 g/mol. The molecule has 0 bridgehead atoms. The van der Waals surface area contributed by atoms with Gasteiger partial charge in [-0.3, -0.25) is 4.79 Å². The third-order valence-electron chi connectivity index (χ3n) is 4.69. The number of hydrogen-bond donors (Lipinski definition) is 3. The molecule has 0 aliphatic rings. The Labute approximate surface area is 177 Å². The number of ether oxygens (including phenoxy) is 1. The lowest BCUT2D eigenvalue weighted by Gasteiger charge is -2.13. The maximum Gasteiger partial charge on any atom is 0.310 e. The van der Waals surface area contributed by atoms with Gasteiger partial charge in [-0.25, -0.2) is 0 Å². The first-order chi connectivity index (χ1) is 14.5. The summed E-state index contributed by atoms with van der Waals surface area (Å²) in [5.74, 6) is -0.165. The van der Waals surface area contributed by atoms with E-state index in [-0.39, 0.29) is 18.1 Å². The lowest BCUT2D eigenvalue weighted by Crippen LogP contribution is -2.10. The number of hydrogen-bond acceptors (Lipinski definition) is 5. The number of aromatic hydroxyl groups is 1. The van der Waals surface area contributed by atoms with Gasteiger partial charge in [-0.15, -0.1) is 0 Å². The van der Waals surface area contributed by atoms with Crippen molar-refractivity contribution in [1.29, 1.82) is 0 Å². The molecule has 0 saturated heterocycles. The van der Waals surface area contributed by atoms with Gasteiger partial charge < -0.3 is 20.5 Å². The van der Waals surface area contributed by atoms with Crippen LogP contribution in [-0.4, -0.2) is 17.7 Å². The number of nitrogens with one attached hydrogen (secondary N) is 2. The Morgan fingerprint density at radius 3 is 2.33 bits per heavy atom. The Balaban J connectivity index is 1.61. The second-order valence-electron chi connectivity index (χ2n) is 7.24. The molecular formula is C25H28N2O3. The largest absolute Gasteiger partial charge is 0.507 e. The van der Waals surface area contributed by atoms with Crippen molar-refractivity contribution in [3.63, 3.8) is 0 Å². The Morgan fingerprint density at radius 2 is 1.63 bits per heavy atom. The van der Waals surface area contributed by atoms with Crippen LogP contribution in [0.3, 0.4) is 0 Å².